The molecule has 0 bridgehead atoms. The number of aryl methyl sites for hydroxylation is 2. The highest BCUT2D eigenvalue weighted by Crippen LogP contribution is 2.51. The number of benzene rings is 2. The number of hydrogen-bond acceptors (Lipinski definition) is 2. The summed E-state index contributed by atoms with van der Waals surface area (Å²) in [6.45, 7) is 4.44. The number of nitrogens with one attached hydrogen (secondary N) is 1. The fourth-order valence-corrected chi connectivity index (χ4v) is 4.18. The van der Waals surface area contributed by atoms with Gasteiger partial charge in [0.1, 0.15) is 5.75 Å². The first kappa shape index (κ1) is 14.4. The summed E-state index contributed by atoms with van der Waals surface area (Å²) >= 11 is 0. The third kappa shape index (κ3) is 2.24. The van der Waals surface area contributed by atoms with Crippen molar-refractivity contribution in [3.05, 3.63) is 70.8 Å². The van der Waals surface area contributed by atoms with E-state index in [0.717, 1.165) is 12.2 Å². The van der Waals surface area contributed by atoms with Crippen LogP contribution in [0.4, 0.5) is 5.69 Å². The molecule has 1 aliphatic heterocycles. The van der Waals surface area contributed by atoms with Crippen LogP contribution in [0.1, 0.15) is 40.6 Å². The second kappa shape index (κ2) is 5.45. The zero-order chi connectivity index (χ0) is 16.0. The van der Waals surface area contributed by atoms with Crippen molar-refractivity contribution in [1.29, 1.82) is 0 Å². The van der Waals surface area contributed by atoms with Crippen molar-refractivity contribution in [3.8, 4) is 5.75 Å². The second-order valence-electron chi connectivity index (χ2n) is 6.74. The maximum Gasteiger partial charge on any atom is 0.118 e. The highest BCUT2D eigenvalue weighted by molar-refractivity contribution is 5.66. The van der Waals surface area contributed by atoms with Crippen LogP contribution >= 0.6 is 0 Å². The van der Waals surface area contributed by atoms with E-state index in [-0.39, 0.29) is 0 Å². The summed E-state index contributed by atoms with van der Waals surface area (Å²) in [5.74, 6) is 2.03. The van der Waals surface area contributed by atoms with Gasteiger partial charge in [0.05, 0.1) is 13.2 Å². The number of rotatable bonds is 2. The summed E-state index contributed by atoms with van der Waals surface area (Å²) in [5.41, 5.74) is 6.90. The first-order valence-electron chi connectivity index (χ1n) is 8.36. The summed E-state index contributed by atoms with van der Waals surface area (Å²) in [5, 5.41) is 3.85. The fraction of sp³-hybridized carbons (Fsp3) is 0.333. The molecule has 1 N–H and O–H groups in total. The molecule has 0 saturated carbocycles. The molecule has 2 aromatic rings. The lowest BCUT2D eigenvalue weighted by Gasteiger charge is -2.39. The molecule has 23 heavy (non-hydrogen) atoms. The van der Waals surface area contributed by atoms with E-state index < -0.39 is 0 Å². The summed E-state index contributed by atoms with van der Waals surface area (Å²) in [6, 6.07) is 13.4. The molecule has 118 valence electrons. The molecule has 0 radical (unpaired) electrons. The predicted octanol–water partition coefficient (Wildman–Crippen LogP) is 5.14. The highest BCUT2D eigenvalue weighted by Gasteiger charge is 2.39. The molecule has 3 atom stereocenters. The maximum absolute atomic E-state index is 5.30. The smallest absolute Gasteiger partial charge is 0.118 e. The normalized spacial score (nSPS) is 24.7. The van der Waals surface area contributed by atoms with Gasteiger partial charge in [-0.25, -0.2) is 0 Å². The van der Waals surface area contributed by atoms with E-state index in [2.05, 4.69) is 67.7 Å². The van der Waals surface area contributed by atoms with Gasteiger partial charge in [-0.15, -0.1) is 0 Å². The van der Waals surface area contributed by atoms with Crippen molar-refractivity contribution in [2.45, 2.75) is 32.2 Å². The van der Waals surface area contributed by atoms with E-state index in [1.54, 1.807) is 7.11 Å². The number of anilines is 1. The molecule has 2 aromatic carbocycles. The third-order valence-corrected chi connectivity index (χ3v) is 5.42. The van der Waals surface area contributed by atoms with Crippen LogP contribution in [0.2, 0.25) is 0 Å². The molecule has 2 aliphatic rings. The van der Waals surface area contributed by atoms with Crippen LogP contribution in [-0.4, -0.2) is 7.11 Å². The topological polar surface area (TPSA) is 21.3 Å². The van der Waals surface area contributed by atoms with Gasteiger partial charge >= 0.3 is 0 Å². The Morgan fingerprint density at radius 1 is 1.00 bits per heavy atom. The Kier molecular flexibility index (Phi) is 3.41. The van der Waals surface area contributed by atoms with Crippen LogP contribution < -0.4 is 10.1 Å². The van der Waals surface area contributed by atoms with E-state index in [1.807, 2.05) is 0 Å². The number of allylic oxidation sites excluding steroid dienone is 2. The van der Waals surface area contributed by atoms with Gasteiger partial charge in [0.25, 0.3) is 0 Å². The largest absolute Gasteiger partial charge is 0.497 e. The lowest BCUT2D eigenvalue weighted by Crippen LogP contribution is -2.30. The van der Waals surface area contributed by atoms with E-state index in [9.17, 15) is 0 Å². The standard InChI is InChI=1S/C21H23NO/c1-13-7-8-14(2)20-19(13)17-5-4-6-18(17)21(22-20)15-9-11-16(23-3)12-10-15/h4-5,7-12,17-18,21-22H,6H2,1-3H3. The second-order valence-corrected chi connectivity index (χ2v) is 6.74. The monoisotopic (exact) mass is 305 g/mol. The van der Waals surface area contributed by atoms with E-state index in [1.165, 1.54) is 27.9 Å². The molecule has 0 spiro atoms. The molecule has 0 aromatic heterocycles. The van der Waals surface area contributed by atoms with E-state index in [0.29, 0.717) is 17.9 Å². The van der Waals surface area contributed by atoms with Crippen LogP contribution in [0.3, 0.4) is 0 Å². The molecule has 3 unspecified atom stereocenters. The van der Waals surface area contributed by atoms with Crippen molar-refractivity contribution < 1.29 is 4.74 Å². The number of ether oxygens (including phenoxy) is 1. The minimum Gasteiger partial charge on any atom is -0.497 e. The van der Waals surface area contributed by atoms with Crippen molar-refractivity contribution in [2.75, 3.05) is 12.4 Å². The number of hydrogen-bond donors (Lipinski definition) is 1. The molecule has 0 saturated heterocycles. The van der Waals surface area contributed by atoms with Crippen LogP contribution in [-0.2, 0) is 0 Å². The van der Waals surface area contributed by atoms with Gasteiger partial charge in [-0.1, -0.05) is 36.4 Å². The first-order valence-corrected chi connectivity index (χ1v) is 8.36. The molecule has 2 heteroatoms. The lowest BCUT2D eigenvalue weighted by molar-refractivity contribution is 0.411. The Labute approximate surface area is 138 Å². The number of methoxy groups -OCH3 is 1. The third-order valence-electron chi connectivity index (χ3n) is 5.42. The van der Waals surface area contributed by atoms with Gasteiger partial charge in [-0.05, 0) is 60.6 Å². The van der Waals surface area contributed by atoms with Crippen LogP contribution in [0.25, 0.3) is 0 Å². The first-order chi connectivity index (χ1) is 11.2. The molecular weight excluding hydrogens is 282 g/mol. The number of fused-ring (bicyclic) bond motifs is 3. The average Bonchev–Trinajstić information content (AvgIpc) is 3.07. The van der Waals surface area contributed by atoms with Crippen LogP contribution in [0, 0.1) is 19.8 Å². The van der Waals surface area contributed by atoms with Gasteiger partial charge in [0, 0.05) is 11.6 Å². The Morgan fingerprint density at radius 2 is 1.74 bits per heavy atom. The molecule has 4 rings (SSSR count). The van der Waals surface area contributed by atoms with E-state index >= 15 is 0 Å². The van der Waals surface area contributed by atoms with Crippen molar-refractivity contribution in [2.24, 2.45) is 5.92 Å². The zero-order valence-corrected chi connectivity index (χ0v) is 14.0. The lowest BCUT2D eigenvalue weighted by atomic mass is 9.75. The zero-order valence-electron chi connectivity index (χ0n) is 14.0. The average molecular weight is 305 g/mol. The van der Waals surface area contributed by atoms with Gasteiger partial charge in [0.15, 0.2) is 0 Å². The van der Waals surface area contributed by atoms with Gasteiger partial charge in [-0.3, -0.25) is 0 Å². The Balaban J connectivity index is 1.79. The molecule has 1 heterocycles. The van der Waals surface area contributed by atoms with Gasteiger partial charge < -0.3 is 10.1 Å². The molecule has 1 aliphatic carbocycles. The molecule has 0 amide bonds. The SMILES string of the molecule is COc1ccc(C2Nc3c(C)ccc(C)c3C3C=CCC32)cc1. The van der Waals surface area contributed by atoms with E-state index in [4.69, 9.17) is 4.74 Å². The summed E-state index contributed by atoms with van der Waals surface area (Å²) in [7, 11) is 1.72. The molecule has 2 nitrogen and oxygen atoms in total. The van der Waals surface area contributed by atoms with Gasteiger partial charge in [0.2, 0.25) is 0 Å². The Bertz CT molecular complexity index is 760. The Morgan fingerprint density at radius 3 is 2.48 bits per heavy atom. The summed E-state index contributed by atoms with van der Waals surface area (Å²) < 4.78 is 5.30. The highest BCUT2D eigenvalue weighted by atomic mass is 16.5. The van der Waals surface area contributed by atoms with Crippen LogP contribution in [0.5, 0.6) is 5.75 Å². The minimum absolute atomic E-state index is 0.355. The summed E-state index contributed by atoms with van der Waals surface area (Å²) in [4.78, 5) is 0. The molecular formula is C21H23NO. The van der Waals surface area contributed by atoms with Gasteiger partial charge in [-0.2, -0.15) is 0 Å². The quantitative estimate of drug-likeness (QED) is 0.776. The minimum atomic E-state index is 0.355. The molecule has 0 fully saturated rings. The predicted molar refractivity (Wildman–Crippen MR) is 95.3 cm³/mol. The summed E-state index contributed by atoms with van der Waals surface area (Å²) in [6.07, 6.45) is 5.90. The van der Waals surface area contributed by atoms with Crippen molar-refractivity contribution in [3.63, 3.8) is 0 Å². The van der Waals surface area contributed by atoms with Crippen LogP contribution in [0.15, 0.2) is 48.6 Å². The fourth-order valence-electron chi connectivity index (χ4n) is 4.18. The van der Waals surface area contributed by atoms with Crippen molar-refractivity contribution in [1.82, 2.24) is 0 Å². The van der Waals surface area contributed by atoms with Crippen molar-refractivity contribution >= 4 is 5.69 Å². The Hall–Kier alpha value is -2.22. The maximum atomic E-state index is 5.30.